The van der Waals surface area contributed by atoms with Gasteiger partial charge in [-0.25, -0.2) is 0 Å². The molecule has 1 aliphatic heterocycles. The average molecular weight is 389 g/mol. The lowest BCUT2D eigenvalue weighted by atomic mass is 10.1. The predicted octanol–water partition coefficient (Wildman–Crippen LogP) is 3.04. The Hall–Kier alpha value is -3.87. The van der Waals surface area contributed by atoms with E-state index < -0.39 is 0 Å². The molecule has 0 saturated heterocycles. The third kappa shape index (κ3) is 4.52. The molecule has 2 N–H and O–H groups in total. The molecule has 7 nitrogen and oxygen atoms in total. The van der Waals surface area contributed by atoms with Gasteiger partial charge in [-0.15, -0.1) is 0 Å². The molecule has 0 unspecified atom stereocenters. The summed E-state index contributed by atoms with van der Waals surface area (Å²) >= 11 is 0. The fraction of sp³-hybridized carbons (Fsp3) is 0.136. The number of ether oxygens (including phenoxy) is 2. The van der Waals surface area contributed by atoms with Crippen LogP contribution in [0.15, 0.2) is 66.9 Å². The number of rotatable bonds is 5. The first kappa shape index (κ1) is 18.5. The first-order valence-electron chi connectivity index (χ1n) is 9.18. The quantitative estimate of drug-likeness (QED) is 0.700. The van der Waals surface area contributed by atoms with Gasteiger partial charge in [-0.1, -0.05) is 12.1 Å². The number of nitrogens with zero attached hydrogens (tertiary/aromatic N) is 1. The maximum atomic E-state index is 12.6. The summed E-state index contributed by atoms with van der Waals surface area (Å²) in [4.78, 5) is 29.2. The van der Waals surface area contributed by atoms with Crippen molar-refractivity contribution in [3.63, 3.8) is 0 Å². The van der Waals surface area contributed by atoms with Crippen molar-refractivity contribution in [1.82, 2.24) is 10.3 Å². The van der Waals surface area contributed by atoms with Crippen LogP contribution in [0, 0.1) is 0 Å². The number of amides is 2. The van der Waals surface area contributed by atoms with Crippen LogP contribution in [0.2, 0.25) is 0 Å². The van der Waals surface area contributed by atoms with E-state index in [0.29, 0.717) is 48.1 Å². The number of hydrogen-bond acceptors (Lipinski definition) is 5. The Morgan fingerprint density at radius 3 is 2.45 bits per heavy atom. The Morgan fingerprint density at radius 1 is 0.862 bits per heavy atom. The molecular formula is C22H19N3O4. The van der Waals surface area contributed by atoms with Crippen LogP contribution >= 0.6 is 0 Å². The minimum absolute atomic E-state index is 0.273. The second-order valence-electron chi connectivity index (χ2n) is 6.40. The van der Waals surface area contributed by atoms with E-state index in [2.05, 4.69) is 15.6 Å². The lowest BCUT2D eigenvalue weighted by molar-refractivity contribution is 0.0950. The van der Waals surface area contributed by atoms with Crippen molar-refractivity contribution in [2.45, 2.75) is 6.54 Å². The Bertz CT molecular complexity index is 1040. The number of carbonyl (C=O) groups is 2. The zero-order chi connectivity index (χ0) is 20.1. The monoisotopic (exact) mass is 389 g/mol. The molecule has 0 spiro atoms. The molecule has 0 saturated carbocycles. The third-order valence-corrected chi connectivity index (χ3v) is 4.34. The van der Waals surface area contributed by atoms with Gasteiger partial charge in [-0.2, -0.15) is 0 Å². The number of anilines is 1. The van der Waals surface area contributed by atoms with Gasteiger partial charge in [0.1, 0.15) is 13.2 Å². The highest BCUT2D eigenvalue weighted by molar-refractivity contribution is 6.06. The highest BCUT2D eigenvalue weighted by Gasteiger charge is 2.14. The molecule has 0 aliphatic carbocycles. The van der Waals surface area contributed by atoms with Crippen LogP contribution in [0.5, 0.6) is 11.5 Å². The number of aromatic nitrogens is 1. The first-order chi connectivity index (χ1) is 14.2. The maximum Gasteiger partial charge on any atom is 0.255 e. The Kier molecular flexibility index (Phi) is 5.38. The van der Waals surface area contributed by atoms with Crippen molar-refractivity contribution in [1.29, 1.82) is 0 Å². The topological polar surface area (TPSA) is 89.6 Å². The van der Waals surface area contributed by atoms with Crippen LogP contribution in [0.1, 0.15) is 26.4 Å². The van der Waals surface area contributed by atoms with Crippen molar-refractivity contribution < 1.29 is 19.1 Å². The molecule has 2 aromatic carbocycles. The van der Waals surface area contributed by atoms with Crippen LogP contribution in [-0.4, -0.2) is 30.0 Å². The second-order valence-corrected chi connectivity index (χ2v) is 6.40. The second kappa shape index (κ2) is 8.43. The summed E-state index contributed by atoms with van der Waals surface area (Å²) in [5.74, 6) is 0.656. The average Bonchev–Trinajstić information content (AvgIpc) is 2.78. The van der Waals surface area contributed by atoms with Crippen molar-refractivity contribution in [3.05, 3.63) is 83.7 Å². The highest BCUT2D eigenvalue weighted by atomic mass is 16.6. The molecule has 0 bridgehead atoms. The highest BCUT2D eigenvalue weighted by Crippen LogP contribution is 2.32. The number of carbonyl (C=O) groups excluding carboxylic acids is 2. The lowest BCUT2D eigenvalue weighted by Crippen LogP contribution is -2.23. The summed E-state index contributed by atoms with van der Waals surface area (Å²) in [6, 6.07) is 17.3. The largest absolute Gasteiger partial charge is 0.486 e. The van der Waals surface area contributed by atoms with Crippen LogP contribution in [0.25, 0.3) is 0 Å². The Balaban J connectivity index is 1.42. The van der Waals surface area contributed by atoms with Gasteiger partial charge in [-0.05, 0) is 42.5 Å². The minimum atomic E-state index is -0.318. The number of fused-ring (bicyclic) bond motifs is 1. The first-order valence-corrected chi connectivity index (χ1v) is 9.18. The lowest BCUT2D eigenvalue weighted by Gasteiger charge is -2.19. The van der Waals surface area contributed by atoms with Gasteiger partial charge in [0.15, 0.2) is 11.5 Å². The van der Waals surface area contributed by atoms with Gasteiger partial charge in [0.2, 0.25) is 0 Å². The normalized spacial score (nSPS) is 12.1. The summed E-state index contributed by atoms with van der Waals surface area (Å²) in [6.07, 6.45) is 1.67. The predicted molar refractivity (Wildman–Crippen MR) is 107 cm³/mol. The molecule has 3 aromatic rings. The van der Waals surface area contributed by atoms with Gasteiger partial charge >= 0.3 is 0 Å². The molecule has 1 aromatic heterocycles. The maximum absolute atomic E-state index is 12.6. The van der Waals surface area contributed by atoms with E-state index in [-0.39, 0.29) is 11.8 Å². The molecule has 7 heteroatoms. The molecule has 2 amide bonds. The zero-order valence-electron chi connectivity index (χ0n) is 15.6. The standard InChI is InChI=1S/C22H19N3O4/c26-21(24-14-18-6-1-2-9-23-18)15-4-3-5-16(12-15)22(27)25-17-7-8-19-20(13-17)29-11-10-28-19/h1-9,12-13H,10-11,14H2,(H,24,26)(H,25,27). The number of nitrogens with one attached hydrogen (secondary N) is 2. The third-order valence-electron chi connectivity index (χ3n) is 4.34. The summed E-state index contributed by atoms with van der Waals surface area (Å²) in [5.41, 5.74) is 2.12. The van der Waals surface area contributed by atoms with Crippen LogP contribution in [0.3, 0.4) is 0 Å². The van der Waals surface area contributed by atoms with E-state index >= 15 is 0 Å². The Labute approximate surface area is 167 Å². The van der Waals surface area contributed by atoms with E-state index in [1.807, 2.05) is 18.2 Å². The molecule has 0 fully saturated rings. The zero-order valence-corrected chi connectivity index (χ0v) is 15.6. The molecule has 29 heavy (non-hydrogen) atoms. The summed E-state index contributed by atoms with van der Waals surface area (Å²) in [6.45, 7) is 1.29. The smallest absolute Gasteiger partial charge is 0.255 e. The van der Waals surface area contributed by atoms with E-state index in [9.17, 15) is 9.59 Å². The SMILES string of the molecule is O=C(NCc1ccccn1)c1cccc(C(=O)Nc2ccc3c(c2)OCCO3)c1. The van der Waals surface area contributed by atoms with Crippen molar-refractivity contribution in [3.8, 4) is 11.5 Å². The fourth-order valence-corrected chi connectivity index (χ4v) is 2.90. The minimum Gasteiger partial charge on any atom is -0.486 e. The Morgan fingerprint density at radius 2 is 1.66 bits per heavy atom. The van der Waals surface area contributed by atoms with Crippen LogP contribution in [-0.2, 0) is 6.54 Å². The van der Waals surface area contributed by atoms with Crippen molar-refractivity contribution >= 4 is 17.5 Å². The summed E-state index contributed by atoms with van der Waals surface area (Å²) < 4.78 is 11.0. The van der Waals surface area contributed by atoms with Crippen molar-refractivity contribution in [2.75, 3.05) is 18.5 Å². The van der Waals surface area contributed by atoms with Gasteiger partial charge in [-0.3, -0.25) is 14.6 Å². The number of pyridine rings is 1. The number of benzene rings is 2. The van der Waals surface area contributed by atoms with E-state index in [1.54, 1.807) is 48.7 Å². The molecule has 0 radical (unpaired) electrons. The van der Waals surface area contributed by atoms with Gasteiger partial charge in [0.25, 0.3) is 11.8 Å². The summed E-state index contributed by atoms with van der Waals surface area (Å²) in [7, 11) is 0. The van der Waals surface area contributed by atoms with Gasteiger partial charge in [0, 0.05) is 29.1 Å². The van der Waals surface area contributed by atoms with Gasteiger partial charge in [0.05, 0.1) is 12.2 Å². The van der Waals surface area contributed by atoms with Gasteiger partial charge < -0.3 is 20.1 Å². The van der Waals surface area contributed by atoms with E-state index in [1.165, 1.54) is 0 Å². The molecule has 4 rings (SSSR count). The van der Waals surface area contributed by atoms with E-state index in [4.69, 9.17) is 9.47 Å². The summed E-state index contributed by atoms with van der Waals surface area (Å²) in [5, 5.41) is 5.62. The fourth-order valence-electron chi connectivity index (χ4n) is 2.90. The van der Waals surface area contributed by atoms with E-state index in [0.717, 1.165) is 5.69 Å². The van der Waals surface area contributed by atoms with Crippen LogP contribution < -0.4 is 20.1 Å². The molecule has 2 heterocycles. The molecule has 0 atom stereocenters. The van der Waals surface area contributed by atoms with Crippen LogP contribution in [0.4, 0.5) is 5.69 Å². The molecular weight excluding hydrogens is 370 g/mol. The molecule has 1 aliphatic rings. The number of hydrogen-bond donors (Lipinski definition) is 2. The van der Waals surface area contributed by atoms with Crippen molar-refractivity contribution in [2.24, 2.45) is 0 Å². The molecule has 146 valence electrons.